The predicted octanol–water partition coefficient (Wildman–Crippen LogP) is 5.92. The summed E-state index contributed by atoms with van der Waals surface area (Å²) >= 11 is 5.58. The first-order chi connectivity index (χ1) is 14.3. The van der Waals surface area contributed by atoms with Crippen LogP contribution < -0.4 is 0 Å². The molecular weight excluding hydrogens is 662 g/mol. The minimum atomic E-state index is 0. The van der Waals surface area contributed by atoms with Gasteiger partial charge in [0.05, 0.1) is 0 Å². The molecule has 0 unspecified atom stereocenters. The van der Waals surface area contributed by atoms with Gasteiger partial charge < -0.3 is 58.1 Å². The second kappa shape index (κ2) is 29.1. The van der Waals surface area contributed by atoms with Crippen LogP contribution in [0.1, 0.15) is 32.3 Å². The van der Waals surface area contributed by atoms with Gasteiger partial charge >= 0.3 is 32.7 Å². The third-order valence-corrected chi connectivity index (χ3v) is 3.85. The summed E-state index contributed by atoms with van der Waals surface area (Å²) in [6.45, 7) is 22.2. The molecule has 1 N–H and O–H groups in total. The molecular formula is C25H30ClN2O2Y3-4. The van der Waals surface area contributed by atoms with Gasteiger partial charge in [-0.05, 0) is 0 Å². The SMILES string of the molecule is C=C[C-]=C[C-]=C(C)[C-]=NC(=N)C1(C)CC1.[CH-]=O.[CH2-]COC[CH2-].[CH2-]c1ccc(Cl)cc1.[Y+3].[Y].[Y]. The van der Waals surface area contributed by atoms with Crippen molar-refractivity contribution in [1.29, 1.82) is 5.41 Å². The molecule has 172 valence electrons. The van der Waals surface area contributed by atoms with E-state index in [1.54, 1.807) is 12.2 Å². The van der Waals surface area contributed by atoms with Gasteiger partial charge in [0.2, 0.25) is 0 Å². The van der Waals surface area contributed by atoms with E-state index in [4.69, 9.17) is 21.8 Å². The van der Waals surface area contributed by atoms with Crippen molar-refractivity contribution in [2.24, 2.45) is 10.4 Å². The molecule has 0 amide bonds. The zero-order valence-electron chi connectivity index (χ0n) is 19.6. The quantitative estimate of drug-likeness (QED) is 0.132. The summed E-state index contributed by atoms with van der Waals surface area (Å²) in [7, 11) is 0. The van der Waals surface area contributed by atoms with Gasteiger partial charge in [-0.3, -0.25) is 25.2 Å². The van der Waals surface area contributed by atoms with E-state index in [9.17, 15) is 0 Å². The Morgan fingerprint density at radius 3 is 2.09 bits per heavy atom. The number of allylic oxidation sites excluding steroid dienone is 5. The maximum absolute atomic E-state index is 7.75. The Labute approximate surface area is 282 Å². The number of rotatable bonds is 6. The number of amidine groups is 1. The van der Waals surface area contributed by atoms with Crippen molar-refractivity contribution in [2.45, 2.75) is 26.7 Å². The van der Waals surface area contributed by atoms with Crippen LogP contribution in [0.5, 0.6) is 0 Å². The Balaban J connectivity index is -0.000000124. The van der Waals surface area contributed by atoms with E-state index in [-0.39, 0.29) is 104 Å². The topological polar surface area (TPSA) is 62.5 Å². The fraction of sp³-hybridized carbons (Fsp3) is 0.280. The Morgan fingerprint density at radius 2 is 1.76 bits per heavy atom. The normalized spacial score (nSPS) is 12.6. The van der Waals surface area contributed by atoms with E-state index in [0.29, 0.717) is 19.0 Å². The van der Waals surface area contributed by atoms with Crippen LogP contribution in [0.25, 0.3) is 0 Å². The summed E-state index contributed by atoms with van der Waals surface area (Å²) in [4.78, 5) is 11.7. The Kier molecular flexibility index (Phi) is 38.7. The van der Waals surface area contributed by atoms with Gasteiger partial charge in [0, 0.05) is 70.4 Å². The second-order valence-corrected chi connectivity index (χ2v) is 6.59. The standard InChI is InChI=1S/C13H15N2.C7H6Cl.C4H8O.CHO.3Y/c1-4-5-6-7-11(2)10-15-12(14)13(3)8-9-13;1-6-2-4-7(8)5-3-6;1-3-5-4-2;1-2;;;/h4,6,14H,1,8-9H2,2-3H3;2-5H,1H2;1-4H2;1H;;;/q-3;-1;-2;-1;;;+3. The molecule has 0 spiro atoms. The molecule has 0 aliphatic heterocycles. The average Bonchev–Trinajstić information content (AvgIpc) is 3.50. The number of benzene rings is 1. The summed E-state index contributed by atoms with van der Waals surface area (Å²) in [5.74, 6) is 0.417. The molecule has 0 atom stereocenters. The largest absolute Gasteiger partial charge is 3.00 e. The molecule has 1 aromatic rings. The molecule has 33 heavy (non-hydrogen) atoms. The van der Waals surface area contributed by atoms with Crippen LogP contribution in [0, 0.1) is 43.7 Å². The van der Waals surface area contributed by atoms with Crippen LogP contribution in [-0.4, -0.2) is 32.1 Å². The number of aliphatic imine (C=N–C) groups is 1. The minimum Gasteiger partial charge on any atom is -0.545 e. The van der Waals surface area contributed by atoms with Crippen molar-refractivity contribution in [3.8, 4) is 0 Å². The zero-order valence-corrected chi connectivity index (χ0v) is 28.8. The summed E-state index contributed by atoms with van der Waals surface area (Å²) < 4.78 is 4.61. The molecule has 0 bridgehead atoms. The van der Waals surface area contributed by atoms with Gasteiger partial charge in [-0.15, -0.1) is 0 Å². The van der Waals surface area contributed by atoms with E-state index in [1.807, 2.05) is 31.2 Å². The number of nitrogens with one attached hydrogen (secondary N) is 1. The first-order valence-corrected chi connectivity index (χ1v) is 9.48. The van der Waals surface area contributed by atoms with Gasteiger partial charge in [0.15, 0.2) is 0 Å². The van der Waals surface area contributed by atoms with Crippen LogP contribution in [0.15, 0.2) is 53.6 Å². The Morgan fingerprint density at radius 1 is 1.27 bits per heavy atom. The zero-order chi connectivity index (χ0) is 23.4. The van der Waals surface area contributed by atoms with Crippen LogP contribution in [0.4, 0.5) is 0 Å². The Bertz CT molecular complexity index is 679. The summed E-state index contributed by atoms with van der Waals surface area (Å²) in [5.41, 5.74) is 1.77. The molecule has 8 heteroatoms. The van der Waals surface area contributed by atoms with Crippen LogP contribution >= 0.6 is 11.6 Å². The molecule has 1 fully saturated rings. The summed E-state index contributed by atoms with van der Waals surface area (Å²) in [6, 6.07) is 7.40. The monoisotopic (exact) mass is 692 g/mol. The minimum absolute atomic E-state index is 0. The Hall–Kier alpha value is 0.882. The van der Waals surface area contributed by atoms with E-state index in [0.717, 1.165) is 29.0 Å². The maximum Gasteiger partial charge on any atom is 3.00 e. The summed E-state index contributed by atoms with van der Waals surface area (Å²) in [6.07, 6.45) is 13.8. The first kappa shape index (κ1) is 43.9. The predicted molar refractivity (Wildman–Crippen MR) is 127 cm³/mol. The van der Waals surface area contributed by atoms with Crippen molar-refractivity contribution in [1.82, 2.24) is 0 Å². The van der Waals surface area contributed by atoms with Crippen molar-refractivity contribution < 1.29 is 108 Å². The fourth-order valence-corrected chi connectivity index (χ4v) is 1.65. The van der Waals surface area contributed by atoms with Crippen molar-refractivity contribution in [3.05, 3.63) is 92.1 Å². The number of ether oxygens (including phenoxy) is 1. The van der Waals surface area contributed by atoms with Crippen LogP contribution in [0.3, 0.4) is 0 Å². The molecule has 1 aliphatic carbocycles. The number of carbonyl (C=O) groups excluding carboxylic acids is 1. The summed E-state index contributed by atoms with van der Waals surface area (Å²) in [5, 5.41) is 8.46. The fourth-order valence-electron chi connectivity index (χ4n) is 1.53. The van der Waals surface area contributed by atoms with Crippen LogP contribution in [0.2, 0.25) is 5.02 Å². The number of hydrogen-bond acceptors (Lipinski definition) is 3. The van der Waals surface area contributed by atoms with Gasteiger partial charge in [-0.25, -0.2) is 0 Å². The number of halogens is 1. The maximum atomic E-state index is 7.75. The van der Waals surface area contributed by atoms with Crippen molar-refractivity contribution >= 4 is 30.4 Å². The van der Waals surface area contributed by atoms with Gasteiger partial charge in [-0.2, -0.15) is 24.6 Å². The molecule has 2 radical (unpaired) electrons. The smallest absolute Gasteiger partial charge is 0.545 e. The average molecular weight is 693 g/mol. The molecule has 0 aromatic heterocycles. The van der Waals surface area contributed by atoms with E-state index in [2.05, 4.69) is 69.2 Å². The number of hydrogen-bond donors (Lipinski definition) is 1. The number of nitrogens with zero attached hydrogens (tertiary/aromatic N) is 1. The van der Waals surface area contributed by atoms with E-state index in [1.165, 1.54) is 0 Å². The van der Waals surface area contributed by atoms with Gasteiger partial charge in [0.1, 0.15) is 0 Å². The van der Waals surface area contributed by atoms with Gasteiger partial charge in [-0.1, -0.05) is 74.9 Å². The molecule has 1 aliphatic rings. The van der Waals surface area contributed by atoms with Gasteiger partial charge in [0.25, 0.3) is 0 Å². The third kappa shape index (κ3) is 27.3. The van der Waals surface area contributed by atoms with Crippen molar-refractivity contribution in [2.75, 3.05) is 13.2 Å². The molecule has 0 heterocycles. The molecule has 1 saturated carbocycles. The van der Waals surface area contributed by atoms with Crippen LogP contribution in [-0.2, 0) is 108 Å². The second-order valence-electron chi connectivity index (χ2n) is 6.16. The molecule has 1 aromatic carbocycles. The molecule has 0 saturated heterocycles. The van der Waals surface area contributed by atoms with E-state index < -0.39 is 0 Å². The van der Waals surface area contributed by atoms with E-state index >= 15 is 0 Å². The first-order valence-electron chi connectivity index (χ1n) is 9.11. The van der Waals surface area contributed by atoms with Crippen molar-refractivity contribution in [3.63, 3.8) is 0 Å². The molecule has 2 rings (SSSR count). The molecule has 4 nitrogen and oxygen atoms in total. The third-order valence-electron chi connectivity index (χ3n) is 3.60.